The second kappa shape index (κ2) is 8.78. The summed E-state index contributed by atoms with van der Waals surface area (Å²) in [4.78, 5) is 0. The molecular formula is C17H19ClFNO. The minimum Gasteiger partial charge on any atom is -0.377 e. The first-order chi connectivity index (χ1) is 10.3. The second-order valence-corrected chi connectivity index (χ2v) is 5.22. The van der Waals surface area contributed by atoms with Gasteiger partial charge in [-0.15, -0.1) is 0 Å². The lowest BCUT2D eigenvalue weighted by Gasteiger charge is -2.07. The van der Waals surface area contributed by atoms with Gasteiger partial charge >= 0.3 is 0 Å². The average molecular weight is 308 g/mol. The highest BCUT2D eigenvalue weighted by molar-refractivity contribution is 6.30. The molecule has 0 aliphatic heterocycles. The molecule has 0 atom stereocenters. The highest BCUT2D eigenvalue weighted by Crippen LogP contribution is 2.16. The highest BCUT2D eigenvalue weighted by atomic mass is 35.5. The summed E-state index contributed by atoms with van der Waals surface area (Å²) in [5.74, 6) is -0.401. The van der Waals surface area contributed by atoms with Gasteiger partial charge in [0.25, 0.3) is 0 Å². The Hall–Kier alpha value is -1.42. The first kappa shape index (κ1) is 16.0. The Morgan fingerprint density at radius 2 is 1.86 bits per heavy atom. The molecule has 0 saturated heterocycles. The zero-order valence-electron chi connectivity index (χ0n) is 11.8. The topological polar surface area (TPSA) is 21.3 Å². The first-order valence-corrected chi connectivity index (χ1v) is 7.40. The molecular weight excluding hydrogens is 289 g/mol. The summed E-state index contributed by atoms with van der Waals surface area (Å²) in [6, 6.07) is 15.0. The van der Waals surface area contributed by atoms with E-state index in [2.05, 4.69) is 17.4 Å². The summed E-state index contributed by atoms with van der Waals surface area (Å²) >= 11 is 5.63. The molecule has 2 nitrogen and oxygen atoms in total. The zero-order valence-corrected chi connectivity index (χ0v) is 12.6. The van der Waals surface area contributed by atoms with Gasteiger partial charge in [0.2, 0.25) is 0 Å². The molecule has 0 aliphatic carbocycles. The van der Waals surface area contributed by atoms with E-state index in [1.54, 1.807) is 12.1 Å². The molecule has 0 aromatic heterocycles. The first-order valence-electron chi connectivity index (χ1n) is 7.02. The average Bonchev–Trinajstić information content (AvgIpc) is 2.51. The van der Waals surface area contributed by atoms with E-state index in [0.717, 1.165) is 25.1 Å². The Morgan fingerprint density at radius 3 is 2.62 bits per heavy atom. The lowest BCUT2D eigenvalue weighted by Crippen LogP contribution is -2.16. The number of nitrogens with one attached hydrogen (secondary N) is 1. The fourth-order valence-corrected chi connectivity index (χ4v) is 2.06. The standard InChI is InChI=1S/C17H19ClFNO/c18-16-8-7-15(11-17(16)19)13-21-10-4-9-20-12-14-5-2-1-3-6-14/h1-3,5-8,11,20H,4,9-10,12-13H2. The zero-order chi connectivity index (χ0) is 14.9. The van der Waals surface area contributed by atoms with E-state index in [-0.39, 0.29) is 5.02 Å². The number of benzene rings is 2. The molecule has 0 spiro atoms. The van der Waals surface area contributed by atoms with Crippen LogP contribution >= 0.6 is 11.6 Å². The van der Waals surface area contributed by atoms with Crippen molar-refractivity contribution in [2.24, 2.45) is 0 Å². The minimum atomic E-state index is -0.401. The van der Waals surface area contributed by atoms with Crippen molar-refractivity contribution in [1.82, 2.24) is 5.32 Å². The molecule has 0 saturated carbocycles. The van der Waals surface area contributed by atoms with E-state index in [4.69, 9.17) is 16.3 Å². The molecule has 0 radical (unpaired) electrons. The summed E-state index contributed by atoms with van der Waals surface area (Å²) in [5.41, 5.74) is 2.07. The van der Waals surface area contributed by atoms with Gasteiger partial charge in [-0.05, 0) is 36.2 Å². The van der Waals surface area contributed by atoms with Crippen LogP contribution in [0.25, 0.3) is 0 Å². The predicted molar refractivity (Wildman–Crippen MR) is 83.8 cm³/mol. The third kappa shape index (κ3) is 5.84. The van der Waals surface area contributed by atoms with Crippen molar-refractivity contribution in [2.45, 2.75) is 19.6 Å². The largest absolute Gasteiger partial charge is 0.377 e. The fraction of sp³-hybridized carbons (Fsp3) is 0.294. The molecule has 0 bridgehead atoms. The molecule has 0 aliphatic rings. The van der Waals surface area contributed by atoms with Crippen LogP contribution in [0.15, 0.2) is 48.5 Å². The van der Waals surface area contributed by atoms with E-state index >= 15 is 0 Å². The van der Waals surface area contributed by atoms with E-state index in [9.17, 15) is 4.39 Å². The van der Waals surface area contributed by atoms with Crippen molar-refractivity contribution in [3.8, 4) is 0 Å². The maximum atomic E-state index is 13.2. The number of hydrogen-bond acceptors (Lipinski definition) is 2. The maximum absolute atomic E-state index is 13.2. The lowest BCUT2D eigenvalue weighted by atomic mass is 10.2. The quantitative estimate of drug-likeness (QED) is 0.739. The number of ether oxygens (including phenoxy) is 1. The minimum absolute atomic E-state index is 0.142. The van der Waals surface area contributed by atoms with Crippen LogP contribution in [0.1, 0.15) is 17.5 Å². The molecule has 112 valence electrons. The van der Waals surface area contributed by atoms with Gasteiger partial charge in [-0.25, -0.2) is 4.39 Å². The Labute approximate surface area is 129 Å². The van der Waals surface area contributed by atoms with Crippen molar-refractivity contribution >= 4 is 11.6 Å². The monoisotopic (exact) mass is 307 g/mol. The lowest BCUT2D eigenvalue weighted by molar-refractivity contribution is 0.118. The third-order valence-electron chi connectivity index (χ3n) is 3.07. The van der Waals surface area contributed by atoms with Crippen LogP contribution < -0.4 is 5.32 Å². The highest BCUT2D eigenvalue weighted by Gasteiger charge is 2.01. The number of halogens is 2. The number of hydrogen-bond donors (Lipinski definition) is 1. The molecule has 2 aromatic carbocycles. The Morgan fingerprint density at radius 1 is 1.05 bits per heavy atom. The van der Waals surface area contributed by atoms with Crippen LogP contribution in [0.4, 0.5) is 4.39 Å². The third-order valence-corrected chi connectivity index (χ3v) is 3.37. The van der Waals surface area contributed by atoms with Crippen molar-refractivity contribution in [1.29, 1.82) is 0 Å². The van der Waals surface area contributed by atoms with Crippen LogP contribution in [0.3, 0.4) is 0 Å². The summed E-state index contributed by atoms with van der Waals surface area (Å²) in [6.45, 7) is 2.81. The smallest absolute Gasteiger partial charge is 0.142 e. The van der Waals surface area contributed by atoms with Gasteiger partial charge < -0.3 is 10.1 Å². The van der Waals surface area contributed by atoms with Crippen molar-refractivity contribution in [3.05, 3.63) is 70.5 Å². The van der Waals surface area contributed by atoms with Crippen molar-refractivity contribution in [3.63, 3.8) is 0 Å². The normalized spacial score (nSPS) is 10.8. The van der Waals surface area contributed by atoms with Gasteiger partial charge in [0.05, 0.1) is 11.6 Å². The SMILES string of the molecule is Fc1cc(COCCCNCc2ccccc2)ccc1Cl. The second-order valence-electron chi connectivity index (χ2n) is 4.82. The van der Waals surface area contributed by atoms with E-state index in [1.165, 1.54) is 11.6 Å². The van der Waals surface area contributed by atoms with Gasteiger partial charge in [-0.2, -0.15) is 0 Å². The van der Waals surface area contributed by atoms with Crippen LogP contribution in [0.5, 0.6) is 0 Å². The van der Waals surface area contributed by atoms with Crippen LogP contribution in [0, 0.1) is 5.82 Å². The van der Waals surface area contributed by atoms with Gasteiger partial charge in [0.15, 0.2) is 0 Å². The Kier molecular flexibility index (Phi) is 6.67. The van der Waals surface area contributed by atoms with Crippen LogP contribution in [0.2, 0.25) is 5.02 Å². The maximum Gasteiger partial charge on any atom is 0.142 e. The summed E-state index contributed by atoms with van der Waals surface area (Å²) < 4.78 is 18.7. The Bertz CT molecular complexity index is 548. The molecule has 0 fully saturated rings. The predicted octanol–water partition coefficient (Wildman–Crippen LogP) is 4.18. The van der Waals surface area contributed by atoms with Crippen molar-refractivity contribution < 1.29 is 9.13 Å². The van der Waals surface area contributed by atoms with Gasteiger partial charge in [0, 0.05) is 13.2 Å². The Balaban J connectivity index is 1.55. The molecule has 1 N–H and O–H groups in total. The molecule has 4 heteroatoms. The van der Waals surface area contributed by atoms with Gasteiger partial charge in [-0.3, -0.25) is 0 Å². The van der Waals surface area contributed by atoms with Gasteiger partial charge in [0.1, 0.15) is 5.82 Å². The van der Waals surface area contributed by atoms with Crippen LogP contribution in [-0.2, 0) is 17.9 Å². The molecule has 0 heterocycles. The fourth-order valence-electron chi connectivity index (χ4n) is 1.95. The van der Waals surface area contributed by atoms with E-state index in [0.29, 0.717) is 13.2 Å². The summed E-state index contributed by atoms with van der Waals surface area (Å²) in [5, 5.41) is 3.50. The molecule has 21 heavy (non-hydrogen) atoms. The molecule has 2 rings (SSSR count). The van der Waals surface area contributed by atoms with Crippen LogP contribution in [-0.4, -0.2) is 13.2 Å². The molecule has 2 aromatic rings. The van der Waals surface area contributed by atoms with E-state index < -0.39 is 5.82 Å². The molecule has 0 unspecified atom stereocenters. The summed E-state index contributed by atoms with van der Waals surface area (Å²) in [6.07, 6.45) is 0.920. The van der Waals surface area contributed by atoms with Crippen molar-refractivity contribution in [2.75, 3.05) is 13.2 Å². The van der Waals surface area contributed by atoms with Gasteiger partial charge in [-0.1, -0.05) is 48.0 Å². The molecule has 0 amide bonds. The number of rotatable bonds is 8. The van der Waals surface area contributed by atoms with E-state index in [1.807, 2.05) is 18.2 Å². The summed E-state index contributed by atoms with van der Waals surface area (Å²) in [7, 11) is 0.